The third-order valence-corrected chi connectivity index (χ3v) is 3.97. The summed E-state index contributed by atoms with van der Waals surface area (Å²) >= 11 is 5.28. The SMILES string of the molecule is Cc1ccc(C)n1Cc1ccc(Br)s1. The highest BCUT2D eigenvalue weighted by Crippen LogP contribution is 2.23. The van der Waals surface area contributed by atoms with Crippen molar-refractivity contribution in [1.29, 1.82) is 0 Å². The van der Waals surface area contributed by atoms with Crippen molar-refractivity contribution < 1.29 is 0 Å². The van der Waals surface area contributed by atoms with Gasteiger partial charge in [0.05, 0.1) is 10.3 Å². The number of aromatic nitrogens is 1. The Morgan fingerprint density at radius 1 is 1.14 bits per heavy atom. The molecule has 0 saturated carbocycles. The molecule has 0 fully saturated rings. The molecule has 0 amide bonds. The Hall–Kier alpha value is -0.540. The Balaban J connectivity index is 2.26. The predicted octanol–water partition coefficient (Wildman–Crippen LogP) is 3.98. The van der Waals surface area contributed by atoms with E-state index >= 15 is 0 Å². The third kappa shape index (κ3) is 1.93. The molecule has 0 aromatic carbocycles. The molecule has 0 unspecified atom stereocenters. The summed E-state index contributed by atoms with van der Waals surface area (Å²) < 4.78 is 3.54. The molecule has 1 nitrogen and oxygen atoms in total. The van der Waals surface area contributed by atoms with Crippen LogP contribution in [0.15, 0.2) is 28.1 Å². The van der Waals surface area contributed by atoms with Crippen molar-refractivity contribution in [3.63, 3.8) is 0 Å². The summed E-state index contributed by atoms with van der Waals surface area (Å²) in [5, 5.41) is 0. The molecule has 3 heteroatoms. The largest absolute Gasteiger partial charge is 0.344 e. The number of hydrogen-bond acceptors (Lipinski definition) is 1. The maximum Gasteiger partial charge on any atom is 0.0702 e. The summed E-state index contributed by atoms with van der Waals surface area (Å²) in [6, 6.07) is 8.61. The first-order valence-corrected chi connectivity index (χ1v) is 6.15. The first-order chi connectivity index (χ1) is 6.66. The van der Waals surface area contributed by atoms with Gasteiger partial charge in [-0.05, 0) is 54.0 Å². The normalized spacial score (nSPS) is 10.8. The zero-order valence-electron chi connectivity index (χ0n) is 8.25. The van der Waals surface area contributed by atoms with Crippen LogP contribution in [0.5, 0.6) is 0 Å². The number of halogens is 1. The van der Waals surface area contributed by atoms with Gasteiger partial charge in [0.2, 0.25) is 0 Å². The second-order valence-corrected chi connectivity index (χ2v) is 5.96. The Morgan fingerprint density at radius 3 is 2.29 bits per heavy atom. The highest BCUT2D eigenvalue weighted by molar-refractivity contribution is 9.11. The van der Waals surface area contributed by atoms with Crippen LogP contribution in [0, 0.1) is 13.8 Å². The maximum absolute atomic E-state index is 3.48. The van der Waals surface area contributed by atoms with E-state index in [9.17, 15) is 0 Å². The van der Waals surface area contributed by atoms with Gasteiger partial charge in [0.1, 0.15) is 0 Å². The Morgan fingerprint density at radius 2 is 1.79 bits per heavy atom. The van der Waals surface area contributed by atoms with Crippen molar-refractivity contribution in [3.05, 3.63) is 44.3 Å². The summed E-state index contributed by atoms with van der Waals surface area (Å²) in [6.07, 6.45) is 0. The van der Waals surface area contributed by atoms with Crippen LogP contribution in [-0.2, 0) is 6.54 Å². The zero-order valence-corrected chi connectivity index (χ0v) is 10.7. The lowest BCUT2D eigenvalue weighted by Crippen LogP contribution is -2.01. The van der Waals surface area contributed by atoms with Gasteiger partial charge in [-0.1, -0.05) is 0 Å². The summed E-state index contributed by atoms with van der Waals surface area (Å²) in [5.74, 6) is 0. The second kappa shape index (κ2) is 3.91. The van der Waals surface area contributed by atoms with Gasteiger partial charge in [-0.2, -0.15) is 0 Å². The van der Waals surface area contributed by atoms with Gasteiger partial charge in [0.25, 0.3) is 0 Å². The van der Waals surface area contributed by atoms with Crippen molar-refractivity contribution in [3.8, 4) is 0 Å². The van der Waals surface area contributed by atoms with Gasteiger partial charge in [-0.3, -0.25) is 0 Å². The molecule has 0 aliphatic carbocycles. The predicted molar refractivity (Wildman–Crippen MR) is 65.0 cm³/mol. The topological polar surface area (TPSA) is 4.93 Å². The van der Waals surface area contributed by atoms with Crippen molar-refractivity contribution in [2.24, 2.45) is 0 Å². The van der Waals surface area contributed by atoms with Crippen LogP contribution in [0.2, 0.25) is 0 Å². The van der Waals surface area contributed by atoms with Crippen molar-refractivity contribution in [2.45, 2.75) is 20.4 Å². The van der Waals surface area contributed by atoms with Crippen LogP contribution in [-0.4, -0.2) is 4.57 Å². The fourth-order valence-electron chi connectivity index (χ4n) is 1.54. The summed E-state index contributed by atoms with van der Waals surface area (Å²) in [7, 11) is 0. The molecule has 2 aromatic heterocycles. The van der Waals surface area contributed by atoms with Crippen LogP contribution >= 0.6 is 27.3 Å². The minimum Gasteiger partial charge on any atom is -0.344 e. The van der Waals surface area contributed by atoms with E-state index < -0.39 is 0 Å². The molecule has 0 atom stereocenters. The van der Waals surface area contributed by atoms with Gasteiger partial charge >= 0.3 is 0 Å². The first kappa shape index (κ1) is 9.99. The fourth-order valence-corrected chi connectivity index (χ4v) is 3.01. The number of aryl methyl sites for hydroxylation is 2. The van der Waals surface area contributed by atoms with Crippen molar-refractivity contribution in [2.75, 3.05) is 0 Å². The van der Waals surface area contributed by atoms with E-state index in [1.165, 1.54) is 20.1 Å². The quantitative estimate of drug-likeness (QED) is 0.778. The maximum atomic E-state index is 3.48. The van der Waals surface area contributed by atoms with Crippen LogP contribution in [0.1, 0.15) is 16.3 Å². The highest BCUT2D eigenvalue weighted by Gasteiger charge is 2.03. The smallest absolute Gasteiger partial charge is 0.0702 e. The average molecular weight is 270 g/mol. The van der Waals surface area contributed by atoms with Gasteiger partial charge in [-0.15, -0.1) is 11.3 Å². The third-order valence-electron chi connectivity index (χ3n) is 2.36. The standard InChI is InChI=1S/C11H12BrNS/c1-8-3-4-9(2)13(8)7-10-5-6-11(12)14-10/h3-6H,7H2,1-2H3. The minimum absolute atomic E-state index is 0.987. The lowest BCUT2D eigenvalue weighted by Gasteiger charge is -2.06. The molecule has 74 valence electrons. The Labute approximate surface area is 96.5 Å². The van der Waals surface area contributed by atoms with Crippen LogP contribution in [0.25, 0.3) is 0 Å². The Kier molecular flexibility index (Phi) is 2.79. The molecule has 0 N–H and O–H groups in total. The van der Waals surface area contributed by atoms with E-state index in [4.69, 9.17) is 0 Å². The molecule has 0 spiro atoms. The molecule has 0 aliphatic heterocycles. The number of rotatable bonds is 2. The lowest BCUT2D eigenvalue weighted by atomic mass is 10.4. The van der Waals surface area contributed by atoms with Crippen molar-refractivity contribution >= 4 is 27.3 Å². The summed E-state index contributed by atoms with van der Waals surface area (Å²) in [6.45, 7) is 5.28. The average Bonchev–Trinajstić information content (AvgIpc) is 2.67. The van der Waals surface area contributed by atoms with Gasteiger partial charge < -0.3 is 4.57 Å². The van der Waals surface area contributed by atoms with E-state index in [0.717, 1.165) is 6.54 Å². The van der Waals surface area contributed by atoms with Gasteiger partial charge in [-0.25, -0.2) is 0 Å². The molecule has 0 bridgehead atoms. The summed E-state index contributed by atoms with van der Waals surface area (Å²) in [5.41, 5.74) is 2.65. The van der Waals surface area contributed by atoms with Crippen molar-refractivity contribution in [1.82, 2.24) is 4.57 Å². The van der Waals surface area contributed by atoms with E-state index in [-0.39, 0.29) is 0 Å². The van der Waals surface area contributed by atoms with Crippen LogP contribution in [0.3, 0.4) is 0 Å². The van der Waals surface area contributed by atoms with Crippen LogP contribution in [0.4, 0.5) is 0 Å². The number of nitrogens with zero attached hydrogens (tertiary/aromatic N) is 1. The molecule has 0 saturated heterocycles. The van der Waals surface area contributed by atoms with Gasteiger partial charge in [0.15, 0.2) is 0 Å². The lowest BCUT2D eigenvalue weighted by molar-refractivity contribution is 0.759. The monoisotopic (exact) mass is 269 g/mol. The second-order valence-electron chi connectivity index (χ2n) is 3.41. The molecule has 14 heavy (non-hydrogen) atoms. The molecular weight excluding hydrogens is 258 g/mol. The molecule has 2 heterocycles. The first-order valence-electron chi connectivity index (χ1n) is 4.54. The molecule has 2 rings (SSSR count). The highest BCUT2D eigenvalue weighted by atomic mass is 79.9. The number of thiophene rings is 1. The molecule has 0 radical (unpaired) electrons. The van der Waals surface area contributed by atoms with E-state index in [2.05, 4.69) is 58.6 Å². The molecule has 0 aliphatic rings. The van der Waals surface area contributed by atoms with Gasteiger partial charge in [0, 0.05) is 16.3 Å². The Bertz CT molecular complexity index is 422. The number of hydrogen-bond donors (Lipinski definition) is 0. The zero-order chi connectivity index (χ0) is 10.1. The van der Waals surface area contributed by atoms with E-state index in [1.807, 2.05) is 0 Å². The minimum atomic E-state index is 0.987. The van der Waals surface area contributed by atoms with E-state index in [0.29, 0.717) is 0 Å². The molecule has 2 aromatic rings. The molecular formula is C11H12BrNS. The summed E-state index contributed by atoms with van der Waals surface area (Å²) in [4.78, 5) is 1.39. The van der Waals surface area contributed by atoms with E-state index in [1.54, 1.807) is 11.3 Å². The fraction of sp³-hybridized carbons (Fsp3) is 0.273. The van der Waals surface area contributed by atoms with Crippen LogP contribution < -0.4 is 0 Å².